The number of hydrogen-bond acceptors (Lipinski definition) is 3. The molecule has 26 heavy (non-hydrogen) atoms. The third-order valence-corrected chi connectivity index (χ3v) is 3.75. The van der Waals surface area contributed by atoms with Crippen LogP contribution in [-0.2, 0) is 6.42 Å². The molecule has 6 heteroatoms. The van der Waals surface area contributed by atoms with E-state index in [0.29, 0.717) is 29.9 Å². The molecule has 0 spiro atoms. The van der Waals surface area contributed by atoms with Gasteiger partial charge in [0.2, 0.25) is 0 Å². The maximum absolute atomic E-state index is 13.5. The number of hydrogen-bond donors (Lipinski definition) is 2. The quantitative estimate of drug-likeness (QED) is 0.702. The van der Waals surface area contributed by atoms with Gasteiger partial charge < -0.3 is 10.6 Å². The SMILES string of the molecule is O=C(NCCc1ccccc1F)c1ccc(Nc2cccc(F)c2)cn1. The van der Waals surface area contributed by atoms with Crippen LogP contribution in [0.15, 0.2) is 66.9 Å². The number of pyridine rings is 1. The smallest absolute Gasteiger partial charge is 0.269 e. The van der Waals surface area contributed by atoms with E-state index in [1.807, 2.05) is 0 Å². The molecule has 0 saturated carbocycles. The van der Waals surface area contributed by atoms with Crippen LogP contribution in [0.25, 0.3) is 0 Å². The van der Waals surface area contributed by atoms with E-state index in [1.54, 1.807) is 42.5 Å². The second-order valence-electron chi connectivity index (χ2n) is 5.66. The van der Waals surface area contributed by atoms with Crippen LogP contribution in [0, 0.1) is 11.6 Å². The Balaban J connectivity index is 1.54. The average molecular weight is 353 g/mol. The van der Waals surface area contributed by atoms with Crippen molar-refractivity contribution in [2.45, 2.75) is 6.42 Å². The van der Waals surface area contributed by atoms with Crippen molar-refractivity contribution in [2.75, 3.05) is 11.9 Å². The molecule has 3 aromatic rings. The fourth-order valence-electron chi connectivity index (χ4n) is 2.44. The molecule has 0 radical (unpaired) electrons. The minimum absolute atomic E-state index is 0.253. The van der Waals surface area contributed by atoms with E-state index in [0.717, 1.165) is 0 Å². The summed E-state index contributed by atoms with van der Waals surface area (Å²) in [4.78, 5) is 16.2. The average Bonchev–Trinajstić information content (AvgIpc) is 2.64. The molecule has 1 amide bonds. The Kier molecular flexibility index (Phi) is 5.53. The number of carbonyl (C=O) groups is 1. The Labute approximate surface area is 149 Å². The number of carbonyl (C=O) groups excluding carboxylic acids is 1. The number of halogens is 2. The van der Waals surface area contributed by atoms with Gasteiger partial charge in [0, 0.05) is 12.2 Å². The maximum Gasteiger partial charge on any atom is 0.269 e. The predicted molar refractivity (Wildman–Crippen MR) is 96.4 cm³/mol. The molecule has 2 aromatic carbocycles. The van der Waals surface area contributed by atoms with E-state index in [1.165, 1.54) is 24.4 Å². The molecule has 0 saturated heterocycles. The van der Waals surface area contributed by atoms with Crippen LogP contribution in [-0.4, -0.2) is 17.4 Å². The van der Waals surface area contributed by atoms with Gasteiger partial charge in [-0.15, -0.1) is 0 Å². The molecule has 3 rings (SSSR count). The highest BCUT2D eigenvalue weighted by molar-refractivity contribution is 5.92. The number of benzene rings is 2. The van der Waals surface area contributed by atoms with Gasteiger partial charge >= 0.3 is 0 Å². The van der Waals surface area contributed by atoms with Crippen molar-refractivity contribution in [2.24, 2.45) is 0 Å². The second-order valence-corrected chi connectivity index (χ2v) is 5.66. The summed E-state index contributed by atoms with van der Waals surface area (Å²) >= 11 is 0. The Morgan fingerprint density at radius 3 is 2.54 bits per heavy atom. The zero-order chi connectivity index (χ0) is 18.4. The lowest BCUT2D eigenvalue weighted by Crippen LogP contribution is -2.26. The molecule has 0 aliphatic carbocycles. The van der Waals surface area contributed by atoms with Gasteiger partial charge in [0.15, 0.2) is 0 Å². The van der Waals surface area contributed by atoms with Crippen LogP contribution in [0.4, 0.5) is 20.2 Å². The summed E-state index contributed by atoms with van der Waals surface area (Å²) in [6.45, 7) is 0.310. The van der Waals surface area contributed by atoms with Gasteiger partial charge in [-0.2, -0.15) is 0 Å². The van der Waals surface area contributed by atoms with Crippen molar-refractivity contribution in [1.29, 1.82) is 0 Å². The molecule has 1 heterocycles. The van der Waals surface area contributed by atoms with Gasteiger partial charge in [0.1, 0.15) is 17.3 Å². The number of nitrogens with zero attached hydrogens (tertiary/aromatic N) is 1. The van der Waals surface area contributed by atoms with Crippen molar-refractivity contribution in [3.8, 4) is 0 Å². The van der Waals surface area contributed by atoms with Crippen molar-refractivity contribution >= 4 is 17.3 Å². The third kappa shape index (κ3) is 4.63. The summed E-state index contributed by atoms with van der Waals surface area (Å²) in [7, 11) is 0. The normalized spacial score (nSPS) is 10.4. The highest BCUT2D eigenvalue weighted by Crippen LogP contribution is 2.16. The van der Waals surface area contributed by atoms with Gasteiger partial charge in [0.25, 0.3) is 5.91 Å². The van der Waals surface area contributed by atoms with Crippen LogP contribution >= 0.6 is 0 Å². The van der Waals surface area contributed by atoms with E-state index in [2.05, 4.69) is 15.6 Å². The lowest BCUT2D eigenvalue weighted by molar-refractivity contribution is 0.0949. The van der Waals surface area contributed by atoms with Crippen LogP contribution in [0.1, 0.15) is 16.1 Å². The van der Waals surface area contributed by atoms with Gasteiger partial charge in [-0.3, -0.25) is 4.79 Å². The number of aromatic nitrogens is 1. The number of anilines is 2. The Morgan fingerprint density at radius 1 is 0.962 bits per heavy atom. The molecular weight excluding hydrogens is 336 g/mol. The topological polar surface area (TPSA) is 54.0 Å². The van der Waals surface area contributed by atoms with Crippen LogP contribution in [0.5, 0.6) is 0 Å². The number of nitrogens with one attached hydrogen (secondary N) is 2. The van der Waals surface area contributed by atoms with Gasteiger partial charge in [-0.25, -0.2) is 13.8 Å². The Hall–Kier alpha value is -3.28. The molecule has 0 aliphatic heterocycles. The van der Waals surface area contributed by atoms with Gasteiger partial charge in [-0.05, 0) is 48.4 Å². The Morgan fingerprint density at radius 2 is 1.81 bits per heavy atom. The van der Waals surface area contributed by atoms with E-state index >= 15 is 0 Å². The molecule has 0 atom stereocenters. The first-order chi connectivity index (χ1) is 12.6. The lowest BCUT2D eigenvalue weighted by Gasteiger charge is -2.08. The highest BCUT2D eigenvalue weighted by Gasteiger charge is 2.08. The van der Waals surface area contributed by atoms with Crippen LogP contribution in [0.2, 0.25) is 0 Å². The van der Waals surface area contributed by atoms with Crippen LogP contribution in [0.3, 0.4) is 0 Å². The van der Waals surface area contributed by atoms with E-state index in [4.69, 9.17) is 0 Å². The molecule has 0 aliphatic rings. The zero-order valence-corrected chi connectivity index (χ0v) is 13.9. The molecule has 2 N–H and O–H groups in total. The first-order valence-corrected chi connectivity index (χ1v) is 8.12. The Bertz CT molecular complexity index is 898. The fraction of sp³-hybridized carbons (Fsp3) is 0.100. The molecule has 4 nitrogen and oxygen atoms in total. The first kappa shape index (κ1) is 17.5. The largest absolute Gasteiger partial charge is 0.354 e. The summed E-state index contributed by atoms with van der Waals surface area (Å²) in [5.41, 5.74) is 2.03. The maximum atomic E-state index is 13.5. The van der Waals surface area contributed by atoms with Gasteiger partial charge in [-0.1, -0.05) is 24.3 Å². The minimum atomic E-state index is -0.339. The van der Waals surface area contributed by atoms with Crippen molar-refractivity contribution < 1.29 is 13.6 Å². The molecule has 0 fully saturated rings. The standard InChI is InChI=1S/C20H17F2N3O/c21-15-5-3-6-16(12-15)25-17-8-9-19(24-13-17)20(26)23-11-10-14-4-1-2-7-18(14)22/h1-9,12-13,25H,10-11H2,(H,23,26). The third-order valence-electron chi connectivity index (χ3n) is 3.75. The fourth-order valence-corrected chi connectivity index (χ4v) is 2.44. The zero-order valence-electron chi connectivity index (χ0n) is 13.9. The summed E-state index contributed by atoms with van der Waals surface area (Å²) in [6.07, 6.45) is 1.90. The van der Waals surface area contributed by atoms with Crippen LogP contribution < -0.4 is 10.6 Å². The van der Waals surface area contributed by atoms with E-state index in [9.17, 15) is 13.6 Å². The lowest BCUT2D eigenvalue weighted by atomic mass is 10.1. The number of amides is 1. The van der Waals surface area contributed by atoms with Crippen molar-refractivity contribution in [3.05, 3.63) is 89.8 Å². The molecule has 1 aromatic heterocycles. The first-order valence-electron chi connectivity index (χ1n) is 8.12. The molecular formula is C20H17F2N3O. The highest BCUT2D eigenvalue weighted by atomic mass is 19.1. The summed E-state index contributed by atoms with van der Waals surface area (Å²) in [5, 5.41) is 5.72. The minimum Gasteiger partial charge on any atom is -0.354 e. The summed E-state index contributed by atoms with van der Waals surface area (Å²) in [5.74, 6) is -0.958. The summed E-state index contributed by atoms with van der Waals surface area (Å²) < 4.78 is 26.7. The second kappa shape index (κ2) is 8.20. The van der Waals surface area contributed by atoms with E-state index < -0.39 is 0 Å². The van der Waals surface area contributed by atoms with Crippen molar-refractivity contribution in [1.82, 2.24) is 10.3 Å². The summed E-state index contributed by atoms with van der Waals surface area (Å²) in [6, 6.07) is 15.8. The van der Waals surface area contributed by atoms with E-state index in [-0.39, 0.29) is 23.2 Å². The predicted octanol–water partition coefficient (Wildman–Crippen LogP) is 4.08. The number of rotatable bonds is 6. The molecule has 132 valence electrons. The monoisotopic (exact) mass is 353 g/mol. The molecule has 0 bridgehead atoms. The molecule has 0 unspecified atom stereocenters. The van der Waals surface area contributed by atoms with Gasteiger partial charge in [0.05, 0.1) is 11.9 Å². The van der Waals surface area contributed by atoms with Crippen molar-refractivity contribution in [3.63, 3.8) is 0 Å².